The summed E-state index contributed by atoms with van der Waals surface area (Å²) in [4.78, 5) is 28.7. The minimum absolute atomic E-state index is 0.0621. The molecule has 4 N–H and O–H groups in total. The van der Waals surface area contributed by atoms with Crippen LogP contribution in [0, 0.1) is 5.92 Å². The standard InChI is InChI=1S/C19H19N3O4/c23-15-5-1-4-12-13(15)8-14(19(25)26)16(12)22-18(24)11-7-10-3-2-6-20-17(10)21-9-11/h1,4-5,7,9,14,16,23H,2-3,6,8H2,(H,20,21)(H,22,24)(H,25,26)/t14-,16+/m1/s1. The maximum absolute atomic E-state index is 12.7. The van der Waals surface area contributed by atoms with Gasteiger partial charge in [0.15, 0.2) is 0 Å². The van der Waals surface area contributed by atoms with Crippen molar-refractivity contribution in [3.05, 3.63) is 52.7 Å². The van der Waals surface area contributed by atoms with Gasteiger partial charge in [0.25, 0.3) is 5.91 Å². The summed E-state index contributed by atoms with van der Waals surface area (Å²) < 4.78 is 0. The van der Waals surface area contributed by atoms with Gasteiger partial charge in [0.05, 0.1) is 17.5 Å². The second-order valence-electron chi connectivity index (χ2n) is 6.71. The number of carbonyl (C=O) groups excluding carboxylic acids is 1. The Balaban J connectivity index is 1.62. The van der Waals surface area contributed by atoms with Crippen molar-refractivity contribution in [3.63, 3.8) is 0 Å². The molecule has 134 valence electrons. The molecule has 4 rings (SSSR count). The van der Waals surface area contributed by atoms with Crippen LogP contribution in [0.15, 0.2) is 30.5 Å². The number of aromatic hydroxyl groups is 1. The van der Waals surface area contributed by atoms with Crippen LogP contribution in [0.4, 0.5) is 5.82 Å². The third-order valence-corrected chi connectivity index (χ3v) is 5.10. The van der Waals surface area contributed by atoms with Gasteiger partial charge in [-0.05, 0) is 42.5 Å². The number of phenolic OH excluding ortho intramolecular Hbond substituents is 1. The zero-order chi connectivity index (χ0) is 18.3. The highest BCUT2D eigenvalue weighted by Gasteiger charge is 2.39. The number of rotatable bonds is 3. The maximum atomic E-state index is 12.7. The number of nitrogens with one attached hydrogen (secondary N) is 2. The molecule has 0 fully saturated rings. The number of carboxylic acids is 1. The molecule has 2 aliphatic rings. The summed E-state index contributed by atoms with van der Waals surface area (Å²) in [6, 6.07) is 6.05. The van der Waals surface area contributed by atoms with Crippen molar-refractivity contribution in [1.29, 1.82) is 0 Å². The number of aryl methyl sites for hydroxylation is 1. The van der Waals surface area contributed by atoms with Gasteiger partial charge >= 0.3 is 5.97 Å². The molecule has 2 heterocycles. The van der Waals surface area contributed by atoms with Crippen LogP contribution >= 0.6 is 0 Å². The first-order valence-corrected chi connectivity index (χ1v) is 8.62. The fourth-order valence-electron chi connectivity index (χ4n) is 3.76. The lowest BCUT2D eigenvalue weighted by Crippen LogP contribution is -2.34. The Labute approximate surface area is 150 Å². The Morgan fingerprint density at radius 3 is 2.96 bits per heavy atom. The van der Waals surface area contributed by atoms with Crippen molar-refractivity contribution in [1.82, 2.24) is 10.3 Å². The molecule has 0 saturated carbocycles. The number of aromatic nitrogens is 1. The summed E-state index contributed by atoms with van der Waals surface area (Å²) in [5.74, 6) is -1.31. The van der Waals surface area contributed by atoms with Crippen LogP contribution < -0.4 is 10.6 Å². The zero-order valence-corrected chi connectivity index (χ0v) is 14.0. The number of anilines is 1. The van der Waals surface area contributed by atoms with Crippen molar-refractivity contribution in [3.8, 4) is 5.75 Å². The van der Waals surface area contributed by atoms with Crippen LogP contribution in [0.5, 0.6) is 5.75 Å². The second-order valence-corrected chi connectivity index (χ2v) is 6.71. The van der Waals surface area contributed by atoms with E-state index in [1.54, 1.807) is 18.2 Å². The number of pyridine rings is 1. The molecule has 26 heavy (non-hydrogen) atoms. The minimum Gasteiger partial charge on any atom is -0.508 e. The first-order valence-electron chi connectivity index (χ1n) is 8.62. The predicted molar refractivity (Wildman–Crippen MR) is 94.2 cm³/mol. The average Bonchev–Trinajstić information content (AvgIpc) is 3.01. The predicted octanol–water partition coefficient (Wildman–Crippen LogP) is 1.87. The first kappa shape index (κ1) is 16.4. The normalized spacial score (nSPS) is 20.6. The highest BCUT2D eigenvalue weighted by atomic mass is 16.4. The number of amides is 1. The number of benzene rings is 1. The van der Waals surface area contributed by atoms with Gasteiger partial charge in [0, 0.05) is 18.3 Å². The van der Waals surface area contributed by atoms with Gasteiger partial charge in [0.1, 0.15) is 11.6 Å². The van der Waals surface area contributed by atoms with E-state index in [2.05, 4.69) is 15.6 Å². The van der Waals surface area contributed by atoms with Gasteiger partial charge in [-0.15, -0.1) is 0 Å². The molecule has 1 aliphatic carbocycles. The van der Waals surface area contributed by atoms with Crippen LogP contribution in [0.3, 0.4) is 0 Å². The van der Waals surface area contributed by atoms with Gasteiger partial charge < -0.3 is 20.8 Å². The molecule has 2 aromatic rings. The molecule has 2 atom stereocenters. The van der Waals surface area contributed by atoms with E-state index in [-0.39, 0.29) is 18.1 Å². The van der Waals surface area contributed by atoms with Gasteiger partial charge in [0.2, 0.25) is 0 Å². The summed E-state index contributed by atoms with van der Waals surface area (Å²) >= 11 is 0. The number of carboxylic acid groups (broad SMARTS) is 1. The van der Waals surface area contributed by atoms with Crippen LogP contribution in [-0.2, 0) is 17.6 Å². The number of phenols is 1. The number of hydrogen-bond donors (Lipinski definition) is 4. The molecule has 0 saturated heterocycles. The monoisotopic (exact) mass is 353 g/mol. The van der Waals surface area contributed by atoms with E-state index < -0.39 is 17.9 Å². The quantitative estimate of drug-likeness (QED) is 0.670. The van der Waals surface area contributed by atoms with E-state index in [0.717, 1.165) is 30.8 Å². The lowest BCUT2D eigenvalue weighted by atomic mass is 10.00. The molecule has 0 spiro atoms. The van der Waals surface area contributed by atoms with Gasteiger partial charge in [-0.25, -0.2) is 4.98 Å². The van der Waals surface area contributed by atoms with Gasteiger partial charge in [-0.3, -0.25) is 9.59 Å². The summed E-state index contributed by atoms with van der Waals surface area (Å²) in [6.07, 6.45) is 3.53. The number of fused-ring (bicyclic) bond motifs is 2. The maximum Gasteiger partial charge on any atom is 0.309 e. The lowest BCUT2D eigenvalue weighted by molar-refractivity contribution is -0.142. The smallest absolute Gasteiger partial charge is 0.309 e. The molecule has 1 aliphatic heterocycles. The summed E-state index contributed by atoms with van der Waals surface area (Å²) in [7, 11) is 0. The molecule has 0 bridgehead atoms. The fraction of sp³-hybridized carbons (Fsp3) is 0.316. The summed E-state index contributed by atoms with van der Waals surface area (Å²) in [6.45, 7) is 0.869. The van der Waals surface area contributed by atoms with E-state index in [1.165, 1.54) is 12.3 Å². The Hall–Kier alpha value is -3.09. The highest BCUT2D eigenvalue weighted by Crippen LogP contribution is 2.40. The molecule has 1 amide bonds. The van der Waals surface area contributed by atoms with Crippen LogP contribution in [0.2, 0.25) is 0 Å². The second kappa shape index (κ2) is 6.33. The molecule has 7 nitrogen and oxygen atoms in total. The third-order valence-electron chi connectivity index (χ3n) is 5.10. The van der Waals surface area contributed by atoms with Crippen molar-refractivity contribution in [2.75, 3.05) is 11.9 Å². The van der Waals surface area contributed by atoms with Gasteiger partial charge in [-0.2, -0.15) is 0 Å². The van der Waals surface area contributed by atoms with Crippen LogP contribution in [0.25, 0.3) is 0 Å². The van der Waals surface area contributed by atoms with Crippen LogP contribution in [-0.4, -0.2) is 33.6 Å². The molecule has 1 aromatic heterocycles. The van der Waals surface area contributed by atoms with Crippen molar-refractivity contribution in [2.24, 2.45) is 5.92 Å². The number of aliphatic carboxylic acids is 1. The topological polar surface area (TPSA) is 112 Å². The van der Waals surface area contributed by atoms with E-state index in [0.29, 0.717) is 16.7 Å². The average molecular weight is 353 g/mol. The number of carbonyl (C=O) groups is 2. The molecule has 1 aromatic carbocycles. The van der Waals surface area contributed by atoms with Crippen molar-refractivity contribution >= 4 is 17.7 Å². The van der Waals surface area contributed by atoms with Crippen LogP contribution in [0.1, 0.15) is 39.5 Å². The summed E-state index contributed by atoms with van der Waals surface area (Å²) in [5, 5.41) is 25.6. The lowest BCUT2D eigenvalue weighted by Gasteiger charge is -2.20. The van der Waals surface area contributed by atoms with Crippen molar-refractivity contribution in [2.45, 2.75) is 25.3 Å². The fourth-order valence-corrected chi connectivity index (χ4v) is 3.76. The molecule has 0 unspecified atom stereocenters. The minimum atomic E-state index is -1.00. The number of hydrogen-bond acceptors (Lipinski definition) is 5. The van der Waals surface area contributed by atoms with E-state index >= 15 is 0 Å². The zero-order valence-electron chi connectivity index (χ0n) is 14.0. The molecular formula is C19H19N3O4. The SMILES string of the molecule is O=C(N[C@H]1c2cccc(O)c2C[C@H]1C(=O)O)c1cnc2c(c1)CCCN2. The Morgan fingerprint density at radius 1 is 1.31 bits per heavy atom. The Morgan fingerprint density at radius 2 is 2.15 bits per heavy atom. The summed E-state index contributed by atoms with van der Waals surface area (Å²) in [5.41, 5.74) is 2.63. The van der Waals surface area contributed by atoms with E-state index in [4.69, 9.17) is 0 Å². The Kier molecular flexibility index (Phi) is 3.99. The third kappa shape index (κ3) is 2.75. The van der Waals surface area contributed by atoms with E-state index in [1.807, 2.05) is 0 Å². The first-order chi connectivity index (χ1) is 12.5. The van der Waals surface area contributed by atoms with E-state index in [9.17, 15) is 19.8 Å². The highest BCUT2D eigenvalue weighted by molar-refractivity contribution is 5.95. The largest absolute Gasteiger partial charge is 0.508 e. The molecule has 0 radical (unpaired) electrons. The molecular weight excluding hydrogens is 334 g/mol. The van der Waals surface area contributed by atoms with Gasteiger partial charge in [-0.1, -0.05) is 12.1 Å². The van der Waals surface area contributed by atoms with Crippen molar-refractivity contribution < 1.29 is 19.8 Å². The number of nitrogens with zero attached hydrogens (tertiary/aromatic N) is 1. The Bertz CT molecular complexity index is 896. The molecule has 7 heteroatoms.